The van der Waals surface area contributed by atoms with Crippen molar-refractivity contribution in [1.29, 1.82) is 0 Å². The van der Waals surface area contributed by atoms with E-state index in [1.54, 1.807) is 36.4 Å². The molecule has 0 fully saturated rings. The lowest BCUT2D eigenvalue weighted by atomic mass is 10.2. The SMILES string of the molecule is Cc1cc(S(=O)(=O)[C@@H](CNC(=O)c2ccccc2)c2ccco2)ccc1F. The molecule has 1 N–H and O–H groups in total. The zero-order valence-corrected chi connectivity index (χ0v) is 15.4. The van der Waals surface area contributed by atoms with Crippen LogP contribution in [-0.2, 0) is 9.84 Å². The fourth-order valence-corrected chi connectivity index (χ4v) is 4.34. The molecule has 5 nitrogen and oxygen atoms in total. The van der Waals surface area contributed by atoms with Gasteiger partial charge in [0, 0.05) is 12.1 Å². The second-order valence-electron chi connectivity index (χ2n) is 6.04. The van der Waals surface area contributed by atoms with Crippen LogP contribution in [0.4, 0.5) is 4.39 Å². The third kappa shape index (κ3) is 4.09. The van der Waals surface area contributed by atoms with Crippen LogP contribution in [0.1, 0.15) is 26.9 Å². The van der Waals surface area contributed by atoms with E-state index in [9.17, 15) is 17.6 Å². The molecule has 7 heteroatoms. The van der Waals surface area contributed by atoms with Gasteiger partial charge in [-0.1, -0.05) is 18.2 Å². The minimum absolute atomic E-state index is 0.0308. The maximum absolute atomic E-state index is 13.5. The maximum atomic E-state index is 13.5. The Morgan fingerprint density at radius 3 is 2.48 bits per heavy atom. The van der Waals surface area contributed by atoms with Crippen molar-refractivity contribution in [2.24, 2.45) is 0 Å². The highest BCUT2D eigenvalue weighted by Gasteiger charge is 2.32. The summed E-state index contributed by atoms with van der Waals surface area (Å²) < 4.78 is 45.0. The Morgan fingerprint density at radius 2 is 1.85 bits per heavy atom. The number of furan rings is 1. The van der Waals surface area contributed by atoms with Crippen molar-refractivity contribution in [3.05, 3.63) is 89.6 Å². The maximum Gasteiger partial charge on any atom is 0.251 e. The second kappa shape index (κ2) is 7.75. The predicted octanol–water partition coefficient (Wildman–Crippen LogP) is 3.67. The van der Waals surface area contributed by atoms with Crippen LogP contribution in [0.15, 0.2) is 76.2 Å². The van der Waals surface area contributed by atoms with Crippen molar-refractivity contribution in [2.45, 2.75) is 17.1 Å². The number of benzene rings is 2. The molecule has 27 heavy (non-hydrogen) atoms. The molecule has 0 spiro atoms. The van der Waals surface area contributed by atoms with Crippen LogP contribution in [0.25, 0.3) is 0 Å². The number of amides is 1. The Hall–Kier alpha value is -2.93. The van der Waals surface area contributed by atoms with Gasteiger partial charge in [0.15, 0.2) is 9.84 Å². The van der Waals surface area contributed by atoms with Gasteiger partial charge in [0.25, 0.3) is 5.91 Å². The Kier molecular flexibility index (Phi) is 5.41. The molecule has 3 aromatic rings. The molecule has 0 aliphatic carbocycles. The number of aryl methyl sites for hydroxylation is 1. The Morgan fingerprint density at radius 1 is 1.11 bits per heavy atom. The summed E-state index contributed by atoms with van der Waals surface area (Å²) in [5, 5.41) is 1.50. The van der Waals surface area contributed by atoms with Crippen molar-refractivity contribution in [1.82, 2.24) is 5.32 Å². The standard InChI is InChI=1S/C20H18FNO4S/c1-14-12-16(9-10-17(14)21)27(24,25)19(18-8-5-11-26-18)13-22-20(23)15-6-3-2-4-7-15/h2-12,19H,13H2,1H3,(H,22,23)/t19-/m0/s1. The van der Waals surface area contributed by atoms with E-state index >= 15 is 0 Å². The van der Waals surface area contributed by atoms with E-state index in [-0.39, 0.29) is 22.8 Å². The first kappa shape index (κ1) is 18.8. The topological polar surface area (TPSA) is 76.4 Å². The summed E-state index contributed by atoms with van der Waals surface area (Å²) in [6.45, 7) is 1.31. The van der Waals surface area contributed by atoms with Gasteiger partial charge >= 0.3 is 0 Å². The zero-order chi connectivity index (χ0) is 19.4. The van der Waals surface area contributed by atoms with Crippen molar-refractivity contribution in [2.75, 3.05) is 6.54 Å². The number of carbonyl (C=O) groups excluding carboxylic acids is 1. The van der Waals surface area contributed by atoms with Crippen LogP contribution in [0.2, 0.25) is 0 Å². The summed E-state index contributed by atoms with van der Waals surface area (Å²) in [6, 6.07) is 15.2. The second-order valence-corrected chi connectivity index (χ2v) is 8.17. The lowest BCUT2D eigenvalue weighted by Crippen LogP contribution is -2.31. The fraction of sp³-hybridized carbons (Fsp3) is 0.150. The van der Waals surface area contributed by atoms with Gasteiger partial charge in [-0.05, 0) is 55.0 Å². The van der Waals surface area contributed by atoms with E-state index < -0.39 is 26.8 Å². The van der Waals surface area contributed by atoms with E-state index in [1.807, 2.05) is 0 Å². The summed E-state index contributed by atoms with van der Waals surface area (Å²) in [4.78, 5) is 12.3. The van der Waals surface area contributed by atoms with E-state index in [0.29, 0.717) is 5.56 Å². The smallest absolute Gasteiger partial charge is 0.251 e. The Balaban J connectivity index is 1.90. The van der Waals surface area contributed by atoms with Gasteiger partial charge in [-0.25, -0.2) is 12.8 Å². The van der Waals surface area contributed by atoms with E-state index in [2.05, 4.69) is 5.32 Å². The highest BCUT2D eigenvalue weighted by molar-refractivity contribution is 7.91. The summed E-state index contributed by atoms with van der Waals surface area (Å²) in [5.41, 5.74) is 0.647. The lowest BCUT2D eigenvalue weighted by molar-refractivity contribution is 0.0953. The van der Waals surface area contributed by atoms with Gasteiger partial charge in [-0.3, -0.25) is 4.79 Å². The molecule has 1 atom stereocenters. The summed E-state index contributed by atoms with van der Waals surface area (Å²) in [5.74, 6) is -0.677. The van der Waals surface area contributed by atoms with E-state index in [4.69, 9.17) is 4.42 Å². The van der Waals surface area contributed by atoms with E-state index in [0.717, 1.165) is 6.07 Å². The van der Waals surface area contributed by atoms with Gasteiger partial charge in [0.1, 0.15) is 16.8 Å². The molecule has 0 saturated heterocycles. The molecule has 0 radical (unpaired) electrons. The molecule has 0 aliphatic rings. The number of sulfone groups is 1. The van der Waals surface area contributed by atoms with Crippen molar-refractivity contribution < 1.29 is 22.0 Å². The van der Waals surface area contributed by atoms with Crippen LogP contribution in [-0.4, -0.2) is 20.9 Å². The molecule has 0 saturated carbocycles. The molecule has 1 aromatic heterocycles. The third-order valence-corrected chi connectivity index (χ3v) is 6.24. The highest BCUT2D eigenvalue weighted by Crippen LogP contribution is 2.30. The number of carbonyl (C=O) groups is 1. The lowest BCUT2D eigenvalue weighted by Gasteiger charge is -2.17. The highest BCUT2D eigenvalue weighted by atomic mass is 32.2. The molecule has 0 unspecified atom stereocenters. The van der Waals surface area contributed by atoms with Crippen molar-refractivity contribution in [3.63, 3.8) is 0 Å². The molecule has 0 aliphatic heterocycles. The summed E-state index contributed by atoms with van der Waals surface area (Å²) in [6.07, 6.45) is 1.37. The van der Waals surface area contributed by atoms with Crippen molar-refractivity contribution >= 4 is 15.7 Å². The third-order valence-electron chi connectivity index (χ3n) is 4.18. The molecule has 2 aromatic carbocycles. The van der Waals surface area contributed by atoms with Crippen LogP contribution in [0.3, 0.4) is 0 Å². The van der Waals surface area contributed by atoms with Crippen LogP contribution < -0.4 is 5.32 Å². The molecule has 140 valence electrons. The molecule has 1 heterocycles. The monoisotopic (exact) mass is 387 g/mol. The van der Waals surface area contributed by atoms with Gasteiger partial charge in [0.2, 0.25) is 0 Å². The first-order valence-corrected chi connectivity index (χ1v) is 9.81. The first-order valence-electron chi connectivity index (χ1n) is 8.26. The number of halogens is 1. The van der Waals surface area contributed by atoms with Crippen LogP contribution in [0, 0.1) is 12.7 Å². The largest absolute Gasteiger partial charge is 0.468 e. The molecule has 3 rings (SSSR count). The van der Waals surface area contributed by atoms with Gasteiger partial charge in [-0.2, -0.15) is 0 Å². The Labute approximate surface area is 156 Å². The van der Waals surface area contributed by atoms with Gasteiger partial charge < -0.3 is 9.73 Å². The number of nitrogens with one attached hydrogen (secondary N) is 1. The van der Waals surface area contributed by atoms with Crippen molar-refractivity contribution in [3.8, 4) is 0 Å². The average Bonchev–Trinajstić information content (AvgIpc) is 3.18. The van der Waals surface area contributed by atoms with Gasteiger partial charge in [-0.15, -0.1) is 0 Å². The number of hydrogen-bond donors (Lipinski definition) is 1. The normalized spacial score (nSPS) is 12.5. The Bertz CT molecular complexity index is 1030. The average molecular weight is 387 g/mol. The van der Waals surface area contributed by atoms with E-state index in [1.165, 1.54) is 31.4 Å². The van der Waals surface area contributed by atoms with Crippen LogP contribution in [0.5, 0.6) is 0 Å². The zero-order valence-electron chi connectivity index (χ0n) is 14.6. The quantitative estimate of drug-likeness (QED) is 0.655. The molecule has 1 amide bonds. The molecule has 0 bridgehead atoms. The molecular weight excluding hydrogens is 369 g/mol. The summed E-state index contributed by atoms with van der Waals surface area (Å²) in [7, 11) is -3.92. The van der Waals surface area contributed by atoms with Crippen LogP contribution >= 0.6 is 0 Å². The minimum Gasteiger partial charge on any atom is -0.468 e. The first-order chi connectivity index (χ1) is 12.9. The van der Waals surface area contributed by atoms with Gasteiger partial charge in [0.05, 0.1) is 11.2 Å². The minimum atomic E-state index is -3.92. The summed E-state index contributed by atoms with van der Waals surface area (Å²) >= 11 is 0. The predicted molar refractivity (Wildman–Crippen MR) is 98.5 cm³/mol. The number of rotatable bonds is 6. The number of hydrogen-bond acceptors (Lipinski definition) is 4. The fourth-order valence-electron chi connectivity index (χ4n) is 2.67. The molecular formula is C20H18FNO4S.